The molecule has 0 unspecified atom stereocenters. The maximum absolute atomic E-state index is 5.76. The summed E-state index contributed by atoms with van der Waals surface area (Å²) in [4.78, 5) is 0. The molecule has 21 heavy (non-hydrogen) atoms. The van der Waals surface area contributed by atoms with Crippen LogP contribution in [0.1, 0.15) is 16.8 Å². The van der Waals surface area contributed by atoms with E-state index in [0.717, 1.165) is 34.7 Å². The van der Waals surface area contributed by atoms with Gasteiger partial charge in [0, 0.05) is 11.8 Å². The average Bonchev–Trinajstić information content (AvgIpc) is 3.05. The summed E-state index contributed by atoms with van der Waals surface area (Å²) in [7, 11) is 0. The molecule has 0 spiro atoms. The second kappa shape index (κ2) is 5.54. The fourth-order valence-electron chi connectivity index (χ4n) is 2.50. The predicted molar refractivity (Wildman–Crippen MR) is 82.9 cm³/mol. The standard InChI is InChI=1S/C16H19N5/c1-12-10-18-20(11-12)16-15(8-9-17)13(2)19-21(16)14-6-4-3-5-7-14/h3-7,10-11H,8-9,17H2,1-2H3. The Balaban J connectivity index is 2.23. The maximum atomic E-state index is 5.76. The Hall–Kier alpha value is -2.40. The highest BCUT2D eigenvalue weighted by molar-refractivity contribution is 5.45. The van der Waals surface area contributed by atoms with E-state index in [1.807, 2.05) is 65.9 Å². The zero-order valence-corrected chi connectivity index (χ0v) is 12.3. The number of hydrogen-bond acceptors (Lipinski definition) is 3. The molecule has 2 heterocycles. The number of benzene rings is 1. The van der Waals surface area contributed by atoms with Crippen molar-refractivity contribution in [2.45, 2.75) is 20.3 Å². The van der Waals surface area contributed by atoms with E-state index in [4.69, 9.17) is 5.73 Å². The highest BCUT2D eigenvalue weighted by atomic mass is 15.4. The summed E-state index contributed by atoms with van der Waals surface area (Å²) in [5, 5.41) is 9.13. The van der Waals surface area contributed by atoms with Gasteiger partial charge >= 0.3 is 0 Å². The van der Waals surface area contributed by atoms with Gasteiger partial charge in [0.25, 0.3) is 0 Å². The van der Waals surface area contributed by atoms with Crippen LogP contribution in [0.15, 0.2) is 42.7 Å². The fourth-order valence-corrected chi connectivity index (χ4v) is 2.50. The van der Waals surface area contributed by atoms with Crippen LogP contribution in [0.3, 0.4) is 0 Å². The summed E-state index contributed by atoms with van der Waals surface area (Å²) in [6.07, 6.45) is 4.65. The van der Waals surface area contributed by atoms with Gasteiger partial charge < -0.3 is 5.73 Å². The van der Waals surface area contributed by atoms with Gasteiger partial charge in [-0.05, 0) is 44.5 Å². The Kier molecular flexibility index (Phi) is 3.58. The Morgan fingerprint density at radius 3 is 2.52 bits per heavy atom. The molecule has 0 amide bonds. The normalized spacial score (nSPS) is 11.0. The molecule has 3 rings (SSSR count). The third-order valence-corrected chi connectivity index (χ3v) is 3.48. The summed E-state index contributed by atoms with van der Waals surface area (Å²) in [6.45, 7) is 4.64. The van der Waals surface area contributed by atoms with E-state index in [9.17, 15) is 0 Å². The number of nitrogens with two attached hydrogens (primary N) is 1. The molecule has 0 saturated carbocycles. The molecule has 3 aromatic rings. The molecule has 0 atom stereocenters. The van der Waals surface area contributed by atoms with Gasteiger partial charge in [-0.3, -0.25) is 0 Å². The van der Waals surface area contributed by atoms with Crippen molar-refractivity contribution in [3.8, 4) is 11.5 Å². The minimum absolute atomic E-state index is 0.592. The zero-order chi connectivity index (χ0) is 14.8. The van der Waals surface area contributed by atoms with Gasteiger partial charge in [0.05, 0.1) is 17.6 Å². The molecule has 0 aliphatic heterocycles. The minimum Gasteiger partial charge on any atom is -0.330 e. The number of nitrogens with zero attached hydrogens (tertiary/aromatic N) is 4. The summed E-state index contributed by atoms with van der Waals surface area (Å²) < 4.78 is 3.82. The molecule has 108 valence electrons. The quantitative estimate of drug-likeness (QED) is 0.797. The lowest BCUT2D eigenvalue weighted by Gasteiger charge is -2.09. The number of aromatic nitrogens is 4. The van der Waals surface area contributed by atoms with E-state index in [0.29, 0.717) is 6.54 Å². The van der Waals surface area contributed by atoms with Crippen LogP contribution >= 0.6 is 0 Å². The lowest BCUT2D eigenvalue weighted by Crippen LogP contribution is -2.10. The van der Waals surface area contributed by atoms with Crippen LogP contribution in [0.4, 0.5) is 0 Å². The molecule has 2 aromatic heterocycles. The Morgan fingerprint density at radius 2 is 1.90 bits per heavy atom. The van der Waals surface area contributed by atoms with Gasteiger partial charge in [0.2, 0.25) is 0 Å². The van der Waals surface area contributed by atoms with E-state index in [-0.39, 0.29) is 0 Å². The first-order chi connectivity index (χ1) is 10.2. The van der Waals surface area contributed by atoms with E-state index < -0.39 is 0 Å². The van der Waals surface area contributed by atoms with Gasteiger partial charge in [-0.25, -0.2) is 9.36 Å². The molecular weight excluding hydrogens is 262 g/mol. The average molecular weight is 281 g/mol. The Bertz CT molecular complexity index is 739. The molecule has 2 N–H and O–H groups in total. The Labute approximate surface area is 124 Å². The molecule has 5 heteroatoms. The van der Waals surface area contributed by atoms with Crippen molar-refractivity contribution in [3.05, 3.63) is 59.5 Å². The van der Waals surface area contributed by atoms with Crippen LogP contribution < -0.4 is 5.73 Å². The van der Waals surface area contributed by atoms with Crippen LogP contribution in [-0.2, 0) is 6.42 Å². The summed E-state index contributed by atoms with van der Waals surface area (Å²) >= 11 is 0. The van der Waals surface area contributed by atoms with E-state index in [1.54, 1.807) is 0 Å². The zero-order valence-electron chi connectivity index (χ0n) is 12.3. The second-order valence-corrected chi connectivity index (χ2v) is 5.14. The van der Waals surface area contributed by atoms with Gasteiger partial charge in [-0.2, -0.15) is 10.2 Å². The molecule has 0 bridgehead atoms. The van der Waals surface area contributed by atoms with Crippen molar-refractivity contribution in [1.29, 1.82) is 0 Å². The van der Waals surface area contributed by atoms with Crippen molar-refractivity contribution in [3.63, 3.8) is 0 Å². The van der Waals surface area contributed by atoms with Crippen LogP contribution in [0.2, 0.25) is 0 Å². The molecule has 5 nitrogen and oxygen atoms in total. The van der Waals surface area contributed by atoms with Crippen molar-refractivity contribution in [2.24, 2.45) is 5.73 Å². The number of rotatable bonds is 4. The Morgan fingerprint density at radius 1 is 1.14 bits per heavy atom. The smallest absolute Gasteiger partial charge is 0.160 e. The number of para-hydroxylation sites is 1. The highest BCUT2D eigenvalue weighted by Gasteiger charge is 2.18. The summed E-state index contributed by atoms with van der Waals surface area (Å²) in [5.41, 5.74) is 10.0. The largest absolute Gasteiger partial charge is 0.330 e. The third-order valence-electron chi connectivity index (χ3n) is 3.48. The van der Waals surface area contributed by atoms with Gasteiger partial charge in [-0.15, -0.1) is 0 Å². The van der Waals surface area contributed by atoms with E-state index >= 15 is 0 Å². The first-order valence-electron chi connectivity index (χ1n) is 7.06. The van der Waals surface area contributed by atoms with Crippen molar-refractivity contribution >= 4 is 0 Å². The van der Waals surface area contributed by atoms with Crippen molar-refractivity contribution in [1.82, 2.24) is 19.6 Å². The molecular formula is C16H19N5. The number of aryl methyl sites for hydroxylation is 2. The van der Waals surface area contributed by atoms with Gasteiger partial charge in [-0.1, -0.05) is 18.2 Å². The topological polar surface area (TPSA) is 61.7 Å². The third kappa shape index (κ3) is 2.48. The maximum Gasteiger partial charge on any atom is 0.160 e. The van der Waals surface area contributed by atoms with Crippen LogP contribution in [-0.4, -0.2) is 26.1 Å². The number of hydrogen-bond donors (Lipinski definition) is 1. The molecule has 0 fully saturated rings. The van der Waals surface area contributed by atoms with E-state index in [1.165, 1.54) is 0 Å². The SMILES string of the molecule is Cc1cnn(-c2c(CCN)c(C)nn2-c2ccccc2)c1. The molecule has 0 aliphatic rings. The molecule has 0 radical (unpaired) electrons. The lowest BCUT2D eigenvalue weighted by molar-refractivity contribution is 0.755. The molecule has 1 aromatic carbocycles. The van der Waals surface area contributed by atoms with E-state index in [2.05, 4.69) is 10.2 Å². The van der Waals surface area contributed by atoms with Crippen LogP contribution in [0.5, 0.6) is 0 Å². The summed E-state index contributed by atoms with van der Waals surface area (Å²) in [6, 6.07) is 10.1. The van der Waals surface area contributed by atoms with Gasteiger partial charge in [0.1, 0.15) is 0 Å². The molecule has 0 aliphatic carbocycles. The predicted octanol–water partition coefficient (Wildman–Crippen LogP) is 2.18. The lowest BCUT2D eigenvalue weighted by atomic mass is 10.1. The van der Waals surface area contributed by atoms with Crippen molar-refractivity contribution in [2.75, 3.05) is 6.54 Å². The first-order valence-corrected chi connectivity index (χ1v) is 7.06. The van der Waals surface area contributed by atoms with Crippen LogP contribution in [0, 0.1) is 13.8 Å². The van der Waals surface area contributed by atoms with Crippen LogP contribution in [0.25, 0.3) is 11.5 Å². The van der Waals surface area contributed by atoms with Gasteiger partial charge in [0.15, 0.2) is 5.82 Å². The molecule has 0 saturated heterocycles. The second-order valence-electron chi connectivity index (χ2n) is 5.14. The first kappa shape index (κ1) is 13.6. The monoisotopic (exact) mass is 281 g/mol. The van der Waals surface area contributed by atoms with Crippen molar-refractivity contribution < 1.29 is 0 Å². The fraction of sp³-hybridized carbons (Fsp3) is 0.250. The minimum atomic E-state index is 0.592. The summed E-state index contributed by atoms with van der Waals surface area (Å²) in [5.74, 6) is 0.970. The highest BCUT2D eigenvalue weighted by Crippen LogP contribution is 2.22.